The predicted molar refractivity (Wildman–Crippen MR) is 121 cm³/mol. The smallest absolute Gasteiger partial charge is 0.410 e. The summed E-state index contributed by atoms with van der Waals surface area (Å²) in [7, 11) is 0. The molecule has 3 atom stereocenters. The first-order valence-electron chi connectivity index (χ1n) is 11.2. The third kappa shape index (κ3) is 7.53. The average Bonchev–Trinajstić information content (AvgIpc) is 3.12. The van der Waals surface area contributed by atoms with Gasteiger partial charge in [-0.15, -0.1) is 0 Å². The highest BCUT2D eigenvalue weighted by atomic mass is 16.6. The van der Waals surface area contributed by atoms with E-state index in [2.05, 4.69) is 0 Å². The third-order valence-corrected chi connectivity index (χ3v) is 5.43. The number of aliphatic carboxylic acids is 1. The number of hydrogen-bond acceptors (Lipinski definition) is 5. The summed E-state index contributed by atoms with van der Waals surface area (Å²) in [5, 5.41) is 9.33. The number of esters is 1. The molecule has 178 valence electrons. The number of rotatable bonds is 6. The summed E-state index contributed by atoms with van der Waals surface area (Å²) in [6, 6.07) is 7.34. The molecule has 2 rings (SSSR count). The molecule has 1 unspecified atom stereocenters. The normalized spacial score (nSPS) is 18.7. The minimum absolute atomic E-state index is 0.0714. The molecule has 1 saturated heterocycles. The second-order valence-corrected chi connectivity index (χ2v) is 10.6. The van der Waals surface area contributed by atoms with Crippen LogP contribution < -0.4 is 0 Å². The molecule has 7 heteroatoms. The van der Waals surface area contributed by atoms with Crippen LogP contribution in [0.4, 0.5) is 4.79 Å². The van der Waals surface area contributed by atoms with Crippen molar-refractivity contribution in [3.05, 3.63) is 35.4 Å². The minimum Gasteiger partial charge on any atom is -0.481 e. The summed E-state index contributed by atoms with van der Waals surface area (Å²) in [4.78, 5) is 38.7. The van der Waals surface area contributed by atoms with Gasteiger partial charge in [-0.3, -0.25) is 9.59 Å². The number of hydrogen-bond donors (Lipinski definition) is 1. The molecule has 1 aromatic rings. The van der Waals surface area contributed by atoms with Crippen LogP contribution in [-0.2, 0) is 25.5 Å². The second kappa shape index (κ2) is 9.92. The lowest BCUT2D eigenvalue weighted by molar-refractivity contribution is -0.162. The highest BCUT2D eigenvalue weighted by Gasteiger charge is 2.39. The number of carbonyl (C=O) groups excluding carboxylic acids is 2. The van der Waals surface area contributed by atoms with Gasteiger partial charge in [0, 0.05) is 13.1 Å². The fourth-order valence-electron chi connectivity index (χ4n) is 3.81. The second-order valence-electron chi connectivity index (χ2n) is 10.6. The van der Waals surface area contributed by atoms with E-state index in [0.29, 0.717) is 31.5 Å². The van der Waals surface area contributed by atoms with Crippen LogP contribution in [0.15, 0.2) is 24.3 Å². The molecule has 0 aliphatic carbocycles. The number of likely N-dealkylation sites (tertiary alicyclic amines) is 1. The lowest BCUT2D eigenvalue weighted by Crippen LogP contribution is -2.38. The SMILES string of the molecule is CC(C(=O)O)c1cccc(C[C@H](C(=O)OC(C)(C)C)[C@H]2CCN(C(=O)OC(C)(C)C)C2)c1. The van der Waals surface area contributed by atoms with Gasteiger partial charge < -0.3 is 19.5 Å². The summed E-state index contributed by atoms with van der Waals surface area (Å²) < 4.78 is 11.2. The van der Waals surface area contributed by atoms with Crippen LogP contribution in [0.3, 0.4) is 0 Å². The van der Waals surface area contributed by atoms with E-state index in [4.69, 9.17) is 9.47 Å². The minimum atomic E-state index is -0.894. The zero-order valence-corrected chi connectivity index (χ0v) is 20.3. The first-order chi connectivity index (χ1) is 14.7. The van der Waals surface area contributed by atoms with Gasteiger partial charge in [-0.05, 0) is 78.4 Å². The van der Waals surface area contributed by atoms with E-state index in [1.807, 2.05) is 59.7 Å². The van der Waals surface area contributed by atoms with Crippen molar-refractivity contribution in [2.24, 2.45) is 11.8 Å². The van der Waals surface area contributed by atoms with Crippen molar-refractivity contribution in [3.63, 3.8) is 0 Å². The van der Waals surface area contributed by atoms with Crippen LogP contribution in [0.5, 0.6) is 0 Å². The molecule has 0 bridgehead atoms. The topological polar surface area (TPSA) is 93.1 Å². The van der Waals surface area contributed by atoms with Gasteiger partial charge in [0.2, 0.25) is 0 Å². The summed E-state index contributed by atoms with van der Waals surface area (Å²) in [6.07, 6.45) is 0.719. The molecular weight excluding hydrogens is 410 g/mol. The van der Waals surface area contributed by atoms with Gasteiger partial charge in [0.1, 0.15) is 11.2 Å². The number of ether oxygens (including phenoxy) is 2. The van der Waals surface area contributed by atoms with E-state index >= 15 is 0 Å². The third-order valence-electron chi connectivity index (χ3n) is 5.43. The highest BCUT2D eigenvalue weighted by Crippen LogP contribution is 2.31. The van der Waals surface area contributed by atoms with Crippen molar-refractivity contribution in [1.82, 2.24) is 4.90 Å². The van der Waals surface area contributed by atoms with Crippen LogP contribution in [0.1, 0.15) is 71.9 Å². The monoisotopic (exact) mass is 447 g/mol. The van der Waals surface area contributed by atoms with Crippen molar-refractivity contribution in [2.75, 3.05) is 13.1 Å². The molecule has 1 N–H and O–H groups in total. The predicted octanol–water partition coefficient (Wildman–Crippen LogP) is 4.63. The number of nitrogens with zero attached hydrogens (tertiary/aromatic N) is 1. The molecule has 0 aromatic heterocycles. The van der Waals surface area contributed by atoms with Gasteiger partial charge in [-0.25, -0.2) is 4.79 Å². The fourth-order valence-corrected chi connectivity index (χ4v) is 3.81. The molecule has 0 radical (unpaired) electrons. The lowest BCUT2D eigenvalue weighted by atomic mass is 9.85. The van der Waals surface area contributed by atoms with Gasteiger partial charge in [0.05, 0.1) is 11.8 Å². The summed E-state index contributed by atoms with van der Waals surface area (Å²) >= 11 is 0. The van der Waals surface area contributed by atoms with Gasteiger partial charge in [-0.1, -0.05) is 24.3 Å². The first kappa shape index (κ1) is 25.7. The van der Waals surface area contributed by atoms with Gasteiger partial charge in [-0.2, -0.15) is 0 Å². The number of amides is 1. The molecule has 32 heavy (non-hydrogen) atoms. The van der Waals surface area contributed by atoms with Crippen LogP contribution >= 0.6 is 0 Å². The summed E-state index contributed by atoms with van der Waals surface area (Å²) in [6.45, 7) is 13.6. The van der Waals surface area contributed by atoms with Crippen LogP contribution in [0.25, 0.3) is 0 Å². The quantitative estimate of drug-likeness (QED) is 0.639. The lowest BCUT2D eigenvalue weighted by Gasteiger charge is -2.28. The standard InChI is InChI=1S/C25H37NO6/c1-16(21(27)28)18-10-8-9-17(13-18)14-20(22(29)31-24(2,3)4)19-11-12-26(15-19)23(30)32-25(5,6)7/h8-10,13,16,19-20H,11-12,14-15H2,1-7H3,(H,27,28)/t16?,19-,20-/m0/s1. The van der Waals surface area contributed by atoms with Gasteiger partial charge in [0.25, 0.3) is 0 Å². The largest absolute Gasteiger partial charge is 0.481 e. The van der Waals surface area contributed by atoms with E-state index in [1.165, 1.54) is 0 Å². The van der Waals surface area contributed by atoms with E-state index in [9.17, 15) is 19.5 Å². The zero-order valence-electron chi connectivity index (χ0n) is 20.3. The molecule has 1 amide bonds. The van der Waals surface area contributed by atoms with E-state index in [1.54, 1.807) is 17.9 Å². The molecule has 0 saturated carbocycles. The van der Waals surface area contributed by atoms with Crippen molar-refractivity contribution in [1.29, 1.82) is 0 Å². The molecule has 1 aliphatic rings. The number of benzene rings is 1. The molecule has 1 fully saturated rings. The number of carboxylic acid groups (broad SMARTS) is 1. The van der Waals surface area contributed by atoms with Gasteiger partial charge in [0.15, 0.2) is 0 Å². The maximum atomic E-state index is 13.1. The maximum absolute atomic E-state index is 13.1. The Kier molecular flexibility index (Phi) is 7.97. The van der Waals surface area contributed by atoms with Crippen LogP contribution in [0.2, 0.25) is 0 Å². The molecule has 1 aromatic carbocycles. The summed E-state index contributed by atoms with van der Waals surface area (Å²) in [5.74, 6) is -2.35. The Morgan fingerprint density at radius 3 is 2.28 bits per heavy atom. The Bertz CT molecular complexity index is 836. The van der Waals surface area contributed by atoms with Crippen LogP contribution in [-0.4, -0.2) is 52.3 Å². The van der Waals surface area contributed by atoms with Crippen molar-refractivity contribution in [2.45, 2.75) is 78.4 Å². The fraction of sp³-hybridized carbons (Fsp3) is 0.640. The van der Waals surface area contributed by atoms with Crippen molar-refractivity contribution in [3.8, 4) is 0 Å². The zero-order chi connectivity index (χ0) is 24.3. The Morgan fingerprint density at radius 2 is 1.72 bits per heavy atom. The van der Waals surface area contributed by atoms with Crippen molar-refractivity contribution >= 4 is 18.0 Å². The average molecular weight is 448 g/mol. The summed E-state index contributed by atoms with van der Waals surface area (Å²) in [5.41, 5.74) is 0.362. The molecular formula is C25H37NO6. The Labute approximate surface area is 191 Å². The number of carbonyl (C=O) groups is 3. The maximum Gasteiger partial charge on any atom is 0.410 e. The molecule has 0 spiro atoms. The van der Waals surface area contributed by atoms with E-state index in [0.717, 1.165) is 5.56 Å². The molecule has 1 aliphatic heterocycles. The van der Waals surface area contributed by atoms with E-state index < -0.39 is 29.0 Å². The molecule has 7 nitrogen and oxygen atoms in total. The van der Waals surface area contributed by atoms with Crippen LogP contribution in [0, 0.1) is 11.8 Å². The van der Waals surface area contributed by atoms with Crippen molar-refractivity contribution < 1.29 is 29.0 Å². The van der Waals surface area contributed by atoms with Gasteiger partial charge >= 0.3 is 18.0 Å². The van der Waals surface area contributed by atoms with E-state index in [-0.39, 0.29) is 18.0 Å². The highest BCUT2D eigenvalue weighted by molar-refractivity contribution is 5.76. The number of carboxylic acids is 1. The Balaban J connectivity index is 2.23. The Morgan fingerprint density at radius 1 is 1.09 bits per heavy atom. The molecule has 1 heterocycles. The first-order valence-corrected chi connectivity index (χ1v) is 11.2. The Hall–Kier alpha value is -2.57.